The van der Waals surface area contributed by atoms with Crippen LogP contribution in [0.25, 0.3) is 0 Å². The molecule has 2 atom stereocenters. The van der Waals surface area contributed by atoms with E-state index >= 15 is 0 Å². The highest BCUT2D eigenvalue weighted by Crippen LogP contribution is 2.35. The van der Waals surface area contributed by atoms with Crippen LogP contribution in [0.1, 0.15) is 53.0 Å². The van der Waals surface area contributed by atoms with Gasteiger partial charge in [0.15, 0.2) is 0 Å². The highest BCUT2D eigenvalue weighted by Gasteiger charge is 2.27. The van der Waals surface area contributed by atoms with Crippen molar-refractivity contribution in [3.63, 3.8) is 0 Å². The number of fused-ring (bicyclic) bond motifs is 1. The van der Waals surface area contributed by atoms with E-state index in [4.69, 9.17) is 4.99 Å². The second-order valence-electron chi connectivity index (χ2n) is 8.15. The van der Waals surface area contributed by atoms with Gasteiger partial charge in [-0.3, -0.25) is 4.99 Å². The normalized spacial score (nSPS) is 19.1. The number of benzene rings is 2. The SMILES string of the molecule is Cc1cccc(C(Cc2ccc3c(c2)CC(C(=O)O)N3)C2=CCCCC=N2)c1C. The summed E-state index contributed by atoms with van der Waals surface area (Å²) >= 11 is 0. The number of rotatable bonds is 5. The van der Waals surface area contributed by atoms with Crippen molar-refractivity contribution in [2.75, 3.05) is 5.32 Å². The fraction of sp³-hybridized carbons (Fsp3) is 0.360. The van der Waals surface area contributed by atoms with Crippen molar-refractivity contribution in [1.82, 2.24) is 0 Å². The standard InChI is InChI=1S/C25H28N2O2/c1-16-7-6-8-20(17(16)2)21(23-9-4-3-5-12-26-23)14-18-10-11-22-19(13-18)15-24(27-22)25(28)29/h6-13,21,24,27H,3-5,14-15H2,1-2H3,(H,28,29). The van der Waals surface area contributed by atoms with Gasteiger partial charge >= 0.3 is 5.97 Å². The molecule has 2 aliphatic rings. The summed E-state index contributed by atoms with van der Waals surface area (Å²) in [6, 6.07) is 12.3. The van der Waals surface area contributed by atoms with E-state index in [1.54, 1.807) is 0 Å². The van der Waals surface area contributed by atoms with E-state index in [2.05, 4.69) is 61.8 Å². The molecule has 0 bridgehead atoms. The van der Waals surface area contributed by atoms with Crippen LogP contribution in [0, 0.1) is 13.8 Å². The molecule has 0 fully saturated rings. The molecule has 29 heavy (non-hydrogen) atoms. The number of aliphatic carboxylic acids is 1. The minimum atomic E-state index is -0.797. The molecule has 0 radical (unpaired) electrons. The van der Waals surface area contributed by atoms with E-state index in [1.807, 2.05) is 6.07 Å². The Morgan fingerprint density at radius 2 is 2.10 bits per heavy atom. The third-order valence-corrected chi connectivity index (χ3v) is 6.17. The van der Waals surface area contributed by atoms with E-state index in [9.17, 15) is 9.90 Å². The molecule has 2 unspecified atom stereocenters. The van der Waals surface area contributed by atoms with E-state index in [-0.39, 0.29) is 5.92 Å². The molecule has 2 aliphatic heterocycles. The number of aliphatic imine (C=N–C) groups is 1. The quantitative estimate of drug-likeness (QED) is 0.741. The molecule has 0 aliphatic carbocycles. The second-order valence-corrected chi connectivity index (χ2v) is 8.15. The fourth-order valence-electron chi connectivity index (χ4n) is 4.37. The maximum absolute atomic E-state index is 11.3. The summed E-state index contributed by atoms with van der Waals surface area (Å²) in [7, 11) is 0. The molecule has 2 heterocycles. The van der Waals surface area contributed by atoms with Crippen molar-refractivity contribution in [2.24, 2.45) is 4.99 Å². The van der Waals surface area contributed by atoms with Crippen LogP contribution in [0.2, 0.25) is 0 Å². The zero-order valence-electron chi connectivity index (χ0n) is 17.1. The maximum atomic E-state index is 11.3. The van der Waals surface area contributed by atoms with Crippen molar-refractivity contribution in [1.29, 1.82) is 0 Å². The Bertz CT molecular complexity index is 990. The Morgan fingerprint density at radius 1 is 1.24 bits per heavy atom. The highest BCUT2D eigenvalue weighted by molar-refractivity contribution is 5.81. The van der Waals surface area contributed by atoms with Gasteiger partial charge in [-0.1, -0.05) is 36.4 Å². The van der Waals surface area contributed by atoms with Crippen LogP contribution in [0.5, 0.6) is 0 Å². The summed E-state index contributed by atoms with van der Waals surface area (Å²) in [6.45, 7) is 4.36. The molecular weight excluding hydrogens is 360 g/mol. The number of anilines is 1. The maximum Gasteiger partial charge on any atom is 0.326 e. The van der Waals surface area contributed by atoms with Gasteiger partial charge in [0.25, 0.3) is 0 Å². The highest BCUT2D eigenvalue weighted by atomic mass is 16.4. The average molecular weight is 389 g/mol. The molecule has 2 aromatic rings. The van der Waals surface area contributed by atoms with Crippen LogP contribution in [-0.4, -0.2) is 23.3 Å². The molecule has 0 spiro atoms. The van der Waals surface area contributed by atoms with Gasteiger partial charge in [-0.15, -0.1) is 0 Å². The van der Waals surface area contributed by atoms with Gasteiger partial charge in [-0.25, -0.2) is 4.79 Å². The number of nitrogens with one attached hydrogen (secondary N) is 1. The Kier molecular flexibility index (Phi) is 5.52. The Balaban J connectivity index is 1.68. The lowest BCUT2D eigenvalue weighted by molar-refractivity contribution is -0.137. The average Bonchev–Trinajstić information content (AvgIpc) is 2.95. The number of carboxylic acid groups (broad SMARTS) is 1. The topological polar surface area (TPSA) is 61.7 Å². The number of carbonyl (C=O) groups is 1. The molecule has 2 aromatic carbocycles. The zero-order valence-corrected chi connectivity index (χ0v) is 17.1. The molecule has 150 valence electrons. The van der Waals surface area contributed by atoms with Crippen LogP contribution in [0.4, 0.5) is 5.69 Å². The van der Waals surface area contributed by atoms with E-state index in [1.165, 1.54) is 22.3 Å². The van der Waals surface area contributed by atoms with Gasteiger partial charge in [-0.05, 0) is 73.4 Å². The van der Waals surface area contributed by atoms with Gasteiger partial charge in [0, 0.05) is 29.9 Å². The smallest absolute Gasteiger partial charge is 0.326 e. The Labute approximate surface area is 172 Å². The van der Waals surface area contributed by atoms with Gasteiger partial charge in [0.05, 0.1) is 0 Å². The lowest BCUT2D eigenvalue weighted by Gasteiger charge is -2.22. The fourth-order valence-corrected chi connectivity index (χ4v) is 4.37. The second kappa shape index (κ2) is 8.24. The van der Waals surface area contributed by atoms with Gasteiger partial charge in [0.1, 0.15) is 6.04 Å². The number of aryl methyl sites for hydroxylation is 1. The van der Waals surface area contributed by atoms with E-state index in [0.29, 0.717) is 6.42 Å². The third kappa shape index (κ3) is 4.12. The Hall–Kier alpha value is -2.88. The summed E-state index contributed by atoms with van der Waals surface area (Å²) in [6.07, 6.45) is 8.98. The predicted molar refractivity (Wildman–Crippen MR) is 118 cm³/mol. The minimum Gasteiger partial charge on any atom is -0.480 e. The lowest BCUT2D eigenvalue weighted by Crippen LogP contribution is -2.26. The van der Waals surface area contributed by atoms with Crippen molar-refractivity contribution < 1.29 is 9.90 Å². The molecule has 4 nitrogen and oxygen atoms in total. The Morgan fingerprint density at radius 3 is 2.93 bits per heavy atom. The first kappa shape index (κ1) is 19.4. The van der Waals surface area contributed by atoms with Crippen LogP contribution in [-0.2, 0) is 17.6 Å². The number of allylic oxidation sites excluding steroid dienone is 2. The van der Waals surface area contributed by atoms with E-state index in [0.717, 1.165) is 42.6 Å². The monoisotopic (exact) mass is 388 g/mol. The van der Waals surface area contributed by atoms with Crippen LogP contribution in [0.3, 0.4) is 0 Å². The van der Waals surface area contributed by atoms with Crippen molar-refractivity contribution >= 4 is 17.9 Å². The first-order chi connectivity index (χ1) is 14.0. The summed E-state index contributed by atoms with van der Waals surface area (Å²) in [5.41, 5.74) is 8.36. The molecule has 4 heteroatoms. The van der Waals surface area contributed by atoms with Crippen molar-refractivity contribution in [3.05, 3.63) is 76.0 Å². The number of nitrogens with zero attached hydrogens (tertiary/aromatic N) is 1. The van der Waals surface area contributed by atoms with Gasteiger partial charge < -0.3 is 10.4 Å². The van der Waals surface area contributed by atoms with Crippen LogP contribution >= 0.6 is 0 Å². The summed E-state index contributed by atoms with van der Waals surface area (Å²) in [5.74, 6) is -0.596. The van der Waals surface area contributed by atoms with Gasteiger partial charge in [-0.2, -0.15) is 0 Å². The van der Waals surface area contributed by atoms with Crippen molar-refractivity contribution in [2.45, 2.75) is 57.9 Å². The van der Waals surface area contributed by atoms with Crippen LogP contribution < -0.4 is 5.32 Å². The third-order valence-electron chi connectivity index (χ3n) is 6.17. The number of carboxylic acids is 1. The summed E-state index contributed by atoms with van der Waals surface area (Å²) in [4.78, 5) is 16.2. The van der Waals surface area contributed by atoms with Gasteiger partial charge in [0.2, 0.25) is 0 Å². The van der Waals surface area contributed by atoms with E-state index < -0.39 is 12.0 Å². The molecule has 2 N–H and O–H groups in total. The lowest BCUT2D eigenvalue weighted by atomic mass is 9.84. The number of hydrogen-bond donors (Lipinski definition) is 2. The summed E-state index contributed by atoms with van der Waals surface area (Å²) in [5, 5.41) is 12.4. The predicted octanol–water partition coefficient (Wildman–Crippen LogP) is 5.19. The molecule has 0 saturated carbocycles. The first-order valence-electron chi connectivity index (χ1n) is 10.4. The molecule has 0 amide bonds. The number of hydrogen-bond acceptors (Lipinski definition) is 3. The minimum absolute atomic E-state index is 0.201. The van der Waals surface area contributed by atoms with Crippen molar-refractivity contribution in [3.8, 4) is 0 Å². The molecule has 0 saturated heterocycles. The van der Waals surface area contributed by atoms with Crippen LogP contribution in [0.15, 0.2) is 53.2 Å². The zero-order chi connectivity index (χ0) is 20.4. The summed E-state index contributed by atoms with van der Waals surface area (Å²) < 4.78 is 0. The largest absolute Gasteiger partial charge is 0.480 e. The molecular formula is C25H28N2O2. The molecule has 0 aromatic heterocycles. The molecule has 4 rings (SSSR count). The first-order valence-corrected chi connectivity index (χ1v) is 10.4.